The van der Waals surface area contributed by atoms with Gasteiger partial charge in [-0.1, -0.05) is 0 Å². The molecule has 3 N–H and O–H groups in total. The van der Waals surface area contributed by atoms with Crippen LogP contribution in [0.3, 0.4) is 0 Å². The molecule has 12 heteroatoms. The van der Waals surface area contributed by atoms with Gasteiger partial charge in [-0.25, -0.2) is 19.3 Å². The maximum atomic E-state index is 14.4. The Morgan fingerprint density at radius 3 is 2.57 bits per heavy atom. The van der Waals surface area contributed by atoms with Crippen molar-refractivity contribution in [2.75, 3.05) is 54.1 Å². The van der Waals surface area contributed by atoms with E-state index in [9.17, 15) is 9.18 Å². The van der Waals surface area contributed by atoms with Crippen LogP contribution in [0.5, 0.6) is 5.75 Å². The number of aromatic nitrogens is 4. The summed E-state index contributed by atoms with van der Waals surface area (Å²) in [5.74, 6) is 1.02. The van der Waals surface area contributed by atoms with Crippen molar-refractivity contribution < 1.29 is 13.9 Å². The molecule has 1 amide bonds. The van der Waals surface area contributed by atoms with E-state index in [2.05, 4.69) is 52.7 Å². The number of halogens is 1. The molecule has 1 saturated heterocycles. The normalized spacial score (nSPS) is 17.3. The van der Waals surface area contributed by atoms with Crippen molar-refractivity contribution in [3.8, 4) is 5.75 Å². The Morgan fingerprint density at radius 1 is 1.03 bits per heavy atom. The molecule has 35 heavy (non-hydrogen) atoms. The number of fused-ring (bicyclic) bond motifs is 1. The number of nitrogens with zero attached hydrogens (tertiary/aromatic N) is 6. The third-order valence-electron chi connectivity index (χ3n) is 5.82. The van der Waals surface area contributed by atoms with Crippen LogP contribution in [0.25, 0.3) is 0 Å². The van der Waals surface area contributed by atoms with Gasteiger partial charge in [0.2, 0.25) is 5.95 Å². The minimum atomic E-state index is -0.999. The highest BCUT2D eigenvalue weighted by molar-refractivity contribution is 5.99. The molecule has 3 aromatic rings. The number of pyridine rings is 2. The van der Waals surface area contributed by atoms with Crippen LogP contribution in [0, 0.1) is 5.82 Å². The van der Waals surface area contributed by atoms with Gasteiger partial charge in [-0.3, -0.25) is 4.79 Å². The number of amides is 1. The second-order valence-electron chi connectivity index (χ2n) is 8.95. The van der Waals surface area contributed by atoms with Crippen molar-refractivity contribution in [2.24, 2.45) is 0 Å². The van der Waals surface area contributed by atoms with Crippen LogP contribution in [0.1, 0.15) is 13.8 Å². The molecule has 5 rings (SSSR count). The molecule has 0 atom stereocenters. The summed E-state index contributed by atoms with van der Waals surface area (Å²) in [6, 6.07) is 7.08. The minimum absolute atomic E-state index is 0.0691. The lowest BCUT2D eigenvalue weighted by Crippen LogP contribution is -2.46. The Kier molecular flexibility index (Phi) is 5.81. The molecule has 2 aliphatic rings. The first kappa shape index (κ1) is 22.7. The number of ether oxygens (including phenoxy) is 1. The van der Waals surface area contributed by atoms with Gasteiger partial charge in [0.1, 0.15) is 11.6 Å². The molecular weight excluding hydrogens is 453 g/mol. The fourth-order valence-electron chi connectivity index (χ4n) is 3.72. The Morgan fingerprint density at radius 2 is 1.83 bits per heavy atom. The van der Waals surface area contributed by atoms with Gasteiger partial charge in [-0.05, 0) is 45.2 Å². The number of carbonyl (C=O) groups is 1. The highest BCUT2D eigenvalue weighted by Gasteiger charge is 2.36. The fraction of sp³-hybridized carbons (Fsp3) is 0.348. The van der Waals surface area contributed by atoms with Gasteiger partial charge in [0.05, 0.1) is 18.1 Å². The summed E-state index contributed by atoms with van der Waals surface area (Å²) in [7, 11) is 2.11. The summed E-state index contributed by atoms with van der Waals surface area (Å²) in [5, 5.41) is 8.57. The number of rotatable bonds is 5. The molecule has 2 aliphatic heterocycles. The molecule has 0 radical (unpaired) electrons. The van der Waals surface area contributed by atoms with Crippen LogP contribution in [-0.2, 0) is 4.79 Å². The number of anilines is 6. The van der Waals surface area contributed by atoms with Crippen molar-refractivity contribution in [3.05, 3.63) is 42.5 Å². The zero-order valence-electron chi connectivity index (χ0n) is 19.7. The predicted molar refractivity (Wildman–Crippen MR) is 130 cm³/mol. The standard InChI is InChI=1S/C23H26FN9O2/c1-23(2)21(34)30-20-16(35-23)5-6-17(29-20)28-19-15(24)13-26-22(31-19)27-14-4-7-18(25-12-14)33-10-8-32(3)9-11-33/h4-7,12-13H,8-11H2,1-3H3,(H3,26,27,28,29,30,31,34). The zero-order valence-corrected chi connectivity index (χ0v) is 19.7. The number of likely N-dealkylation sites (N-methyl/N-ethyl adjacent to an activating group) is 1. The molecule has 11 nitrogen and oxygen atoms in total. The van der Waals surface area contributed by atoms with Crippen LogP contribution in [0.2, 0.25) is 0 Å². The summed E-state index contributed by atoms with van der Waals surface area (Å²) >= 11 is 0. The van der Waals surface area contributed by atoms with Crippen LogP contribution in [0.4, 0.5) is 39.3 Å². The number of hydrogen-bond acceptors (Lipinski definition) is 10. The number of nitrogens with one attached hydrogen (secondary N) is 3. The monoisotopic (exact) mass is 479 g/mol. The largest absolute Gasteiger partial charge is 0.474 e. The SMILES string of the molecule is CN1CCN(c2ccc(Nc3ncc(F)c(Nc4ccc5c(n4)NC(=O)C(C)(C)O5)n3)cn2)CC1. The van der Waals surface area contributed by atoms with Crippen molar-refractivity contribution in [1.29, 1.82) is 0 Å². The van der Waals surface area contributed by atoms with Crippen LogP contribution < -0.4 is 25.6 Å². The average Bonchev–Trinajstić information content (AvgIpc) is 2.83. The van der Waals surface area contributed by atoms with Gasteiger partial charge in [-0.15, -0.1) is 0 Å². The summed E-state index contributed by atoms with van der Waals surface area (Å²) < 4.78 is 20.1. The summed E-state index contributed by atoms with van der Waals surface area (Å²) in [6.07, 6.45) is 2.76. The van der Waals surface area contributed by atoms with Gasteiger partial charge in [-0.2, -0.15) is 4.98 Å². The van der Waals surface area contributed by atoms with Gasteiger partial charge in [0.25, 0.3) is 5.91 Å². The smallest absolute Gasteiger partial charge is 0.269 e. The molecule has 3 aromatic heterocycles. The second-order valence-corrected chi connectivity index (χ2v) is 8.95. The van der Waals surface area contributed by atoms with E-state index < -0.39 is 11.4 Å². The summed E-state index contributed by atoms with van der Waals surface area (Å²) in [4.78, 5) is 33.7. The Bertz CT molecular complexity index is 1240. The van der Waals surface area contributed by atoms with Gasteiger partial charge >= 0.3 is 0 Å². The van der Waals surface area contributed by atoms with Crippen LogP contribution in [0.15, 0.2) is 36.7 Å². The molecule has 0 aliphatic carbocycles. The average molecular weight is 480 g/mol. The molecule has 0 bridgehead atoms. The molecule has 0 unspecified atom stereocenters. The zero-order chi connectivity index (χ0) is 24.6. The predicted octanol–water partition coefficient (Wildman–Crippen LogP) is 2.75. The van der Waals surface area contributed by atoms with Crippen molar-refractivity contribution in [1.82, 2.24) is 24.8 Å². The number of piperazine rings is 1. The lowest BCUT2D eigenvalue weighted by molar-refractivity contribution is -0.129. The minimum Gasteiger partial charge on any atom is -0.474 e. The summed E-state index contributed by atoms with van der Waals surface area (Å²) in [5.41, 5.74) is -0.324. The van der Waals surface area contributed by atoms with Gasteiger partial charge in [0, 0.05) is 26.2 Å². The van der Waals surface area contributed by atoms with Crippen LogP contribution in [-0.4, -0.2) is 69.6 Å². The molecule has 1 fully saturated rings. The highest BCUT2D eigenvalue weighted by Crippen LogP contribution is 2.33. The van der Waals surface area contributed by atoms with Crippen molar-refractivity contribution >= 4 is 40.8 Å². The molecule has 5 heterocycles. The first-order chi connectivity index (χ1) is 16.8. The second kappa shape index (κ2) is 8.95. The Balaban J connectivity index is 1.28. The Labute approximate surface area is 201 Å². The maximum Gasteiger partial charge on any atom is 0.269 e. The Hall–Kier alpha value is -4.06. The number of carbonyl (C=O) groups excluding carboxylic acids is 1. The van der Waals surface area contributed by atoms with E-state index in [0.29, 0.717) is 11.4 Å². The van der Waals surface area contributed by atoms with E-state index in [1.54, 1.807) is 32.2 Å². The van der Waals surface area contributed by atoms with E-state index in [1.165, 1.54) is 0 Å². The van der Waals surface area contributed by atoms with E-state index in [-0.39, 0.29) is 29.3 Å². The van der Waals surface area contributed by atoms with E-state index in [0.717, 1.165) is 38.2 Å². The topological polar surface area (TPSA) is 120 Å². The molecule has 0 saturated carbocycles. The van der Waals surface area contributed by atoms with Crippen molar-refractivity contribution in [3.63, 3.8) is 0 Å². The van der Waals surface area contributed by atoms with Crippen molar-refractivity contribution in [2.45, 2.75) is 19.4 Å². The molecule has 0 aromatic carbocycles. The number of hydrogen-bond donors (Lipinski definition) is 3. The molecular formula is C23H26FN9O2. The third kappa shape index (κ3) is 4.92. The van der Waals surface area contributed by atoms with Gasteiger partial charge < -0.3 is 30.5 Å². The first-order valence-electron chi connectivity index (χ1n) is 11.2. The van der Waals surface area contributed by atoms with E-state index >= 15 is 0 Å². The fourth-order valence-corrected chi connectivity index (χ4v) is 3.72. The highest BCUT2D eigenvalue weighted by atomic mass is 19.1. The first-order valence-corrected chi connectivity index (χ1v) is 11.2. The lowest BCUT2D eigenvalue weighted by Gasteiger charge is -2.33. The van der Waals surface area contributed by atoms with E-state index in [1.807, 2.05) is 12.1 Å². The third-order valence-corrected chi connectivity index (χ3v) is 5.82. The lowest BCUT2D eigenvalue weighted by atomic mass is 10.1. The molecule has 0 spiro atoms. The maximum absolute atomic E-state index is 14.4. The quantitative estimate of drug-likeness (QED) is 0.504. The molecule has 182 valence electrons. The van der Waals surface area contributed by atoms with Gasteiger partial charge in [0.15, 0.2) is 28.8 Å². The summed E-state index contributed by atoms with van der Waals surface area (Å²) in [6.45, 7) is 7.18. The van der Waals surface area contributed by atoms with E-state index in [4.69, 9.17) is 4.74 Å². The van der Waals surface area contributed by atoms with Crippen LogP contribution >= 0.6 is 0 Å².